The molecule has 1 heterocycles. The third kappa shape index (κ3) is 8.73. The molecule has 0 radical (unpaired) electrons. The van der Waals surface area contributed by atoms with Gasteiger partial charge in [-0.15, -0.1) is 0 Å². The molecule has 0 atom stereocenters. The Balaban J connectivity index is 1.54. The summed E-state index contributed by atoms with van der Waals surface area (Å²) >= 11 is 0. The van der Waals surface area contributed by atoms with Crippen LogP contribution >= 0.6 is 0 Å². The Labute approximate surface area is 243 Å². The predicted octanol–water partition coefficient (Wildman–Crippen LogP) is 6.57. The van der Waals surface area contributed by atoms with E-state index in [1.165, 1.54) is 0 Å². The lowest BCUT2D eigenvalue weighted by molar-refractivity contribution is -0.133. The number of aryl methyl sites for hydroxylation is 1. The van der Waals surface area contributed by atoms with Crippen molar-refractivity contribution in [3.8, 4) is 5.75 Å². The van der Waals surface area contributed by atoms with E-state index < -0.39 is 0 Å². The van der Waals surface area contributed by atoms with Crippen molar-refractivity contribution >= 4 is 17.6 Å². The summed E-state index contributed by atoms with van der Waals surface area (Å²) in [5.74, 6) is 0.906. The normalized spacial score (nSPS) is 10.9. The van der Waals surface area contributed by atoms with Crippen LogP contribution in [0, 0.1) is 12.8 Å². The summed E-state index contributed by atoms with van der Waals surface area (Å²) in [6, 6.07) is 29.4. The fraction of sp³-hybridized carbons (Fsp3) is 0.294. The number of nitrogens with one attached hydrogen (secondary N) is 1. The second kappa shape index (κ2) is 14.2. The number of ether oxygens (including phenoxy) is 1. The SMILES string of the molecule is COc1cccc(Cn2cccc2CN(Cc2ccccc2)C(=O)CN(CC(C)C)C(=O)Nc2ccc(C)cc2)c1. The van der Waals surface area contributed by atoms with Crippen molar-refractivity contribution in [3.05, 3.63) is 120 Å². The van der Waals surface area contributed by atoms with Crippen LogP contribution in [0.1, 0.15) is 36.2 Å². The average Bonchev–Trinajstić information content (AvgIpc) is 3.40. The largest absolute Gasteiger partial charge is 0.497 e. The van der Waals surface area contributed by atoms with E-state index in [2.05, 4.69) is 16.0 Å². The minimum Gasteiger partial charge on any atom is -0.497 e. The average molecular weight is 553 g/mol. The van der Waals surface area contributed by atoms with Crippen molar-refractivity contribution in [1.29, 1.82) is 0 Å². The van der Waals surface area contributed by atoms with E-state index in [-0.39, 0.29) is 24.4 Å². The van der Waals surface area contributed by atoms with Crippen molar-refractivity contribution in [2.75, 3.05) is 25.5 Å². The predicted molar refractivity (Wildman–Crippen MR) is 164 cm³/mol. The summed E-state index contributed by atoms with van der Waals surface area (Å²) in [6.07, 6.45) is 2.03. The molecule has 7 nitrogen and oxygen atoms in total. The third-order valence-corrected chi connectivity index (χ3v) is 6.83. The molecule has 0 aliphatic carbocycles. The van der Waals surface area contributed by atoms with Gasteiger partial charge in [-0.3, -0.25) is 4.79 Å². The Morgan fingerprint density at radius 3 is 2.29 bits per heavy atom. The summed E-state index contributed by atoms with van der Waals surface area (Å²) in [7, 11) is 1.66. The molecule has 7 heteroatoms. The molecule has 3 amide bonds. The van der Waals surface area contributed by atoms with E-state index in [1.807, 2.05) is 117 Å². The number of anilines is 1. The highest BCUT2D eigenvalue weighted by Crippen LogP contribution is 2.18. The zero-order valence-electron chi connectivity index (χ0n) is 24.4. The molecule has 0 spiro atoms. The molecule has 0 unspecified atom stereocenters. The number of rotatable bonds is 12. The number of carbonyl (C=O) groups is 2. The summed E-state index contributed by atoms with van der Waals surface area (Å²) in [4.78, 5) is 30.6. The summed E-state index contributed by atoms with van der Waals surface area (Å²) in [5.41, 5.74) is 4.98. The molecule has 0 fully saturated rings. The third-order valence-electron chi connectivity index (χ3n) is 6.83. The van der Waals surface area contributed by atoms with Crippen molar-refractivity contribution in [2.24, 2.45) is 5.92 Å². The van der Waals surface area contributed by atoms with Crippen molar-refractivity contribution in [3.63, 3.8) is 0 Å². The Morgan fingerprint density at radius 1 is 0.854 bits per heavy atom. The lowest BCUT2D eigenvalue weighted by atomic mass is 10.2. The Hall–Kier alpha value is -4.52. The quantitative estimate of drug-likeness (QED) is 0.216. The molecule has 0 saturated heterocycles. The maximum Gasteiger partial charge on any atom is 0.322 e. The van der Waals surface area contributed by atoms with Gasteiger partial charge in [-0.1, -0.05) is 74.0 Å². The molecule has 0 bridgehead atoms. The first-order valence-electron chi connectivity index (χ1n) is 14.0. The smallest absolute Gasteiger partial charge is 0.322 e. The fourth-order valence-corrected chi connectivity index (χ4v) is 4.71. The first kappa shape index (κ1) is 29.5. The van der Waals surface area contributed by atoms with Gasteiger partial charge in [-0.2, -0.15) is 0 Å². The van der Waals surface area contributed by atoms with E-state index in [0.717, 1.165) is 28.1 Å². The maximum absolute atomic E-state index is 13.9. The van der Waals surface area contributed by atoms with Crippen LogP contribution in [0.3, 0.4) is 0 Å². The first-order valence-corrected chi connectivity index (χ1v) is 14.0. The lowest BCUT2D eigenvalue weighted by Crippen LogP contribution is -2.45. The van der Waals surface area contributed by atoms with Crippen LogP contribution in [0.5, 0.6) is 5.75 Å². The van der Waals surface area contributed by atoms with Gasteiger partial charge >= 0.3 is 6.03 Å². The molecule has 0 aliphatic rings. The molecule has 0 saturated carbocycles. The van der Waals surface area contributed by atoms with E-state index in [0.29, 0.717) is 31.9 Å². The van der Waals surface area contributed by atoms with Crippen molar-refractivity contribution in [2.45, 2.75) is 40.4 Å². The Bertz CT molecular complexity index is 1410. The lowest BCUT2D eigenvalue weighted by Gasteiger charge is -2.29. The molecule has 0 aliphatic heterocycles. The molecular formula is C34H40N4O3. The van der Waals surface area contributed by atoms with Crippen molar-refractivity contribution < 1.29 is 14.3 Å². The topological polar surface area (TPSA) is 66.8 Å². The Morgan fingerprint density at radius 2 is 1.59 bits per heavy atom. The van der Waals surface area contributed by atoms with Crippen LogP contribution in [0.4, 0.5) is 10.5 Å². The number of nitrogens with zero attached hydrogens (tertiary/aromatic N) is 3. The molecule has 1 N–H and O–H groups in total. The van der Waals surface area contributed by atoms with Gasteiger partial charge < -0.3 is 24.4 Å². The summed E-state index contributed by atoms with van der Waals surface area (Å²) < 4.78 is 7.54. The second-order valence-corrected chi connectivity index (χ2v) is 10.8. The molecule has 41 heavy (non-hydrogen) atoms. The molecule has 3 aromatic carbocycles. The van der Waals surface area contributed by atoms with E-state index >= 15 is 0 Å². The first-order chi connectivity index (χ1) is 19.8. The molecule has 214 valence electrons. The number of methoxy groups -OCH3 is 1. The van der Waals surface area contributed by atoms with E-state index in [9.17, 15) is 9.59 Å². The number of aromatic nitrogens is 1. The molecule has 4 rings (SSSR count). The monoisotopic (exact) mass is 552 g/mol. The van der Waals surface area contributed by atoms with Gasteiger partial charge in [-0.05, 0) is 60.4 Å². The number of hydrogen-bond donors (Lipinski definition) is 1. The van der Waals surface area contributed by atoms with E-state index in [1.54, 1.807) is 12.0 Å². The standard InChI is InChI=1S/C34H40N4O3/c1-26(2)21-38(34(40)35-30-17-15-27(3)16-18-30)25-33(39)37(22-28-10-6-5-7-11-28)24-31-13-9-19-36(31)23-29-12-8-14-32(20-29)41-4/h5-20,26H,21-25H2,1-4H3,(H,35,40). The van der Waals surface area contributed by atoms with Crippen LogP contribution in [-0.4, -0.2) is 46.5 Å². The number of urea groups is 1. The highest BCUT2D eigenvalue weighted by Gasteiger charge is 2.23. The number of hydrogen-bond acceptors (Lipinski definition) is 3. The summed E-state index contributed by atoms with van der Waals surface area (Å²) in [5, 5.41) is 2.96. The zero-order valence-corrected chi connectivity index (χ0v) is 24.4. The summed E-state index contributed by atoms with van der Waals surface area (Å²) in [6.45, 7) is 8.07. The van der Waals surface area contributed by atoms with Gasteiger partial charge in [0.1, 0.15) is 12.3 Å². The van der Waals surface area contributed by atoms with Crippen LogP contribution in [-0.2, 0) is 24.4 Å². The minimum absolute atomic E-state index is 0.0146. The van der Waals surface area contributed by atoms with Gasteiger partial charge in [0.2, 0.25) is 5.91 Å². The number of benzene rings is 3. The molecule has 4 aromatic rings. The zero-order chi connectivity index (χ0) is 29.2. The minimum atomic E-state index is -0.281. The van der Waals surface area contributed by atoms with Crippen LogP contribution < -0.4 is 10.1 Å². The molecular weight excluding hydrogens is 512 g/mol. The van der Waals surface area contributed by atoms with E-state index in [4.69, 9.17) is 4.74 Å². The second-order valence-electron chi connectivity index (χ2n) is 10.8. The van der Waals surface area contributed by atoms with Crippen LogP contribution in [0.25, 0.3) is 0 Å². The highest BCUT2D eigenvalue weighted by atomic mass is 16.5. The Kier molecular flexibility index (Phi) is 10.2. The van der Waals surface area contributed by atoms with Crippen LogP contribution in [0.2, 0.25) is 0 Å². The van der Waals surface area contributed by atoms with Crippen LogP contribution in [0.15, 0.2) is 97.2 Å². The van der Waals surface area contributed by atoms with Gasteiger partial charge in [0.05, 0.1) is 13.7 Å². The van der Waals surface area contributed by atoms with Gasteiger partial charge in [0.25, 0.3) is 0 Å². The molecule has 1 aromatic heterocycles. The fourth-order valence-electron chi connectivity index (χ4n) is 4.71. The number of amides is 3. The highest BCUT2D eigenvalue weighted by molar-refractivity contribution is 5.92. The number of carbonyl (C=O) groups excluding carboxylic acids is 2. The van der Waals surface area contributed by atoms with Crippen molar-refractivity contribution in [1.82, 2.24) is 14.4 Å². The van der Waals surface area contributed by atoms with Gasteiger partial charge in [0, 0.05) is 37.2 Å². The van der Waals surface area contributed by atoms with Gasteiger partial charge in [0.15, 0.2) is 0 Å². The maximum atomic E-state index is 13.9. The van der Waals surface area contributed by atoms with Gasteiger partial charge in [-0.25, -0.2) is 4.79 Å².